The molecule has 0 spiro atoms. The summed E-state index contributed by atoms with van der Waals surface area (Å²) in [6.07, 6.45) is 0.902. The van der Waals surface area contributed by atoms with Gasteiger partial charge in [0.05, 0.1) is 5.69 Å². The van der Waals surface area contributed by atoms with Crippen LogP contribution in [0.3, 0.4) is 0 Å². The smallest absolute Gasteiger partial charge is 0.149 e. The van der Waals surface area contributed by atoms with E-state index in [1.54, 1.807) is 10.7 Å². The van der Waals surface area contributed by atoms with E-state index in [2.05, 4.69) is 12.0 Å². The van der Waals surface area contributed by atoms with E-state index in [1.807, 2.05) is 19.9 Å². The van der Waals surface area contributed by atoms with E-state index in [1.165, 1.54) is 11.6 Å². The van der Waals surface area contributed by atoms with Crippen LogP contribution < -0.4 is 0 Å². The van der Waals surface area contributed by atoms with Crippen molar-refractivity contribution in [3.8, 4) is 5.69 Å². The zero-order valence-corrected chi connectivity index (χ0v) is 11.6. The number of hydrogen-bond acceptors (Lipinski definition) is 1. The monoisotopic (exact) mass is 266 g/mol. The summed E-state index contributed by atoms with van der Waals surface area (Å²) < 4.78 is 15.7. The Morgan fingerprint density at radius 1 is 1.33 bits per heavy atom. The Balaban J connectivity index is 2.55. The molecule has 0 bridgehead atoms. The molecule has 96 valence electrons. The number of rotatable bonds is 3. The zero-order valence-electron chi connectivity index (χ0n) is 10.8. The highest BCUT2D eigenvalue weighted by Gasteiger charge is 2.14. The molecule has 0 saturated heterocycles. The van der Waals surface area contributed by atoms with E-state index in [4.69, 9.17) is 11.6 Å². The molecule has 2 nitrogen and oxygen atoms in total. The van der Waals surface area contributed by atoms with Crippen molar-refractivity contribution in [3.05, 3.63) is 46.5 Å². The molecule has 1 heterocycles. The highest BCUT2D eigenvalue weighted by molar-refractivity contribution is 6.17. The van der Waals surface area contributed by atoms with Gasteiger partial charge in [-0.15, -0.1) is 11.6 Å². The summed E-state index contributed by atoms with van der Waals surface area (Å²) >= 11 is 5.69. The molecule has 2 aromatic rings. The third kappa shape index (κ3) is 2.15. The van der Waals surface area contributed by atoms with E-state index in [9.17, 15) is 4.39 Å². The summed E-state index contributed by atoms with van der Waals surface area (Å²) in [6.45, 7) is 6.00. The minimum atomic E-state index is -0.290. The minimum Gasteiger partial charge on any atom is -0.235 e. The zero-order chi connectivity index (χ0) is 13.3. The molecule has 0 saturated carbocycles. The fourth-order valence-corrected chi connectivity index (χ4v) is 2.39. The second-order valence-corrected chi connectivity index (χ2v) is 4.60. The van der Waals surface area contributed by atoms with Crippen molar-refractivity contribution in [2.24, 2.45) is 0 Å². The Morgan fingerprint density at radius 2 is 2.06 bits per heavy atom. The van der Waals surface area contributed by atoms with E-state index in [0.717, 1.165) is 23.4 Å². The first kappa shape index (κ1) is 13.1. The summed E-state index contributed by atoms with van der Waals surface area (Å²) in [5.74, 6) is 0.0236. The van der Waals surface area contributed by atoms with Crippen LogP contribution in [0.2, 0.25) is 0 Å². The van der Waals surface area contributed by atoms with Crippen molar-refractivity contribution >= 4 is 11.6 Å². The average molecular weight is 267 g/mol. The van der Waals surface area contributed by atoms with Crippen molar-refractivity contribution in [1.82, 2.24) is 9.78 Å². The number of hydrogen-bond donors (Lipinski definition) is 0. The second kappa shape index (κ2) is 5.11. The quantitative estimate of drug-likeness (QED) is 0.770. The molecule has 4 heteroatoms. The first-order chi connectivity index (χ1) is 8.58. The van der Waals surface area contributed by atoms with Crippen LogP contribution in [-0.4, -0.2) is 9.78 Å². The van der Waals surface area contributed by atoms with E-state index in [-0.39, 0.29) is 5.82 Å². The lowest BCUT2D eigenvalue weighted by atomic mass is 10.1. The van der Waals surface area contributed by atoms with Gasteiger partial charge in [-0.3, -0.25) is 0 Å². The first-order valence-electron chi connectivity index (χ1n) is 5.98. The fraction of sp³-hybridized carbons (Fsp3) is 0.357. The molecule has 0 fully saturated rings. The summed E-state index contributed by atoms with van der Waals surface area (Å²) in [7, 11) is 0. The topological polar surface area (TPSA) is 17.8 Å². The van der Waals surface area contributed by atoms with Gasteiger partial charge in [0.25, 0.3) is 0 Å². The van der Waals surface area contributed by atoms with Crippen LogP contribution in [0.15, 0.2) is 18.2 Å². The Hall–Kier alpha value is -1.35. The Kier molecular flexibility index (Phi) is 3.71. The summed E-state index contributed by atoms with van der Waals surface area (Å²) in [4.78, 5) is 0. The molecule has 0 amide bonds. The van der Waals surface area contributed by atoms with Crippen molar-refractivity contribution in [2.75, 3.05) is 0 Å². The molecule has 0 N–H and O–H groups in total. The maximum absolute atomic E-state index is 14.0. The molecule has 1 aromatic carbocycles. The number of nitrogens with zero attached hydrogens (tertiary/aromatic N) is 2. The SMILES string of the molecule is CCc1c(C)nn(-c2ccc(CCl)cc2F)c1C. The van der Waals surface area contributed by atoms with Gasteiger partial charge in [-0.05, 0) is 43.5 Å². The predicted octanol–water partition coefficient (Wildman–Crippen LogP) is 3.93. The number of halogens is 2. The summed E-state index contributed by atoms with van der Waals surface area (Å²) in [5.41, 5.74) is 4.37. The van der Waals surface area contributed by atoms with E-state index < -0.39 is 0 Å². The predicted molar refractivity (Wildman–Crippen MR) is 71.9 cm³/mol. The Labute approximate surface area is 111 Å². The van der Waals surface area contributed by atoms with Gasteiger partial charge in [0.15, 0.2) is 0 Å². The van der Waals surface area contributed by atoms with Crippen molar-refractivity contribution < 1.29 is 4.39 Å². The maximum atomic E-state index is 14.0. The van der Waals surface area contributed by atoms with E-state index >= 15 is 0 Å². The average Bonchev–Trinajstić information content (AvgIpc) is 2.64. The van der Waals surface area contributed by atoms with Crippen LogP contribution in [0.25, 0.3) is 5.69 Å². The van der Waals surface area contributed by atoms with Gasteiger partial charge in [0.2, 0.25) is 0 Å². The van der Waals surface area contributed by atoms with Gasteiger partial charge in [0.1, 0.15) is 11.5 Å². The highest BCUT2D eigenvalue weighted by atomic mass is 35.5. The standard InChI is InChI=1S/C14H16ClFN2/c1-4-12-9(2)17-18(10(12)3)14-6-5-11(8-15)7-13(14)16/h5-7H,4,8H2,1-3H3. The molecule has 0 aliphatic heterocycles. The molecule has 18 heavy (non-hydrogen) atoms. The molecule has 1 aromatic heterocycles. The largest absolute Gasteiger partial charge is 0.235 e. The van der Waals surface area contributed by atoms with Gasteiger partial charge in [0, 0.05) is 11.6 Å². The summed E-state index contributed by atoms with van der Waals surface area (Å²) in [6, 6.07) is 5.02. The maximum Gasteiger partial charge on any atom is 0.149 e. The van der Waals surface area contributed by atoms with Gasteiger partial charge in [-0.25, -0.2) is 9.07 Å². The van der Waals surface area contributed by atoms with Crippen molar-refractivity contribution in [2.45, 2.75) is 33.1 Å². The molecule has 2 rings (SSSR count). The van der Waals surface area contributed by atoms with Gasteiger partial charge < -0.3 is 0 Å². The first-order valence-corrected chi connectivity index (χ1v) is 6.51. The van der Waals surface area contributed by atoms with Crippen LogP contribution in [0.5, 0.6) is 0 Å². The van der Waals surface area contributed by atoms with Crippen LogP contribution >= 0.6 is 11.6 Å². The van der Waals surface area contributed by atoms with Crippen LogP contribution in [-0.2, 0) is 12.3 Å². The second-order valence-electron chi connectivity index (χ2n) is 4.33. The molecule has 0 aliphatic carbocycles. The van der Waals surface area contributed by atoms with Crippen molar-refractivity contribution in [3.63, 3.8) is 0 Å². The molecule has 0 unspecified atom stereocenters. The number of aryl methyl sites for hydroxylation is 1. The van der Waals surface area contributed by atoms with Crippen LogP contribution in [0, 0.1) is 19.7 Å². The Bertz CT molecular complexity index is 575. The molecule has 0 aliphatic rings. The molecular formula is C14H16ClFN2. The van der Waals surface area contributed by atoms with Gasteiger partial charge in [-0.1, -0.05) is 13.0 Å². The number of benzene rings is 1. The lowest BCUT2D eigenvalue weighted by Crippen LogP contribution is -2.03. The van der Waals surface area contributed by atoms with Crippen LogP contribution in [0.4, 0.5) is 4.39 Å². The van der Waals surface area contributed by atoms with Crippen LogP contribution in [0.1, 0.15) is 29.4 Å². The Morgan fingerprint density at radius 3 is 2.56 bits per heavy atom. The van der Waals surface area contributed by atoms with Crippen molar-refractivity contribution in [1.29, 1.82) is 0 Å². The third-order valence-electron chi connectivity index (χ3n) is 3.19. The third-order valence-corrected chi connectivity index (χ3v) is 3.50. The molecular weight excluding hydrogens is 251 g/mol. The molecule has 0 atom stereocenters. The lowest BCUT2D eigenvalue weighted by molar-refractivity contribution is 0.606. The van der Waals surface area contributed by atoms with E-state index in [0.29, 0.717) is 11.6 Å². The lowest BCUT2D eigenvalue weighted by Gasteiger charge is -2.07. The highest BCUT2D eigenvalue weighted by Crippen LogP contribution is 2.21. The summed E-state index contributed by atoms with van der Waals surface area (Å²) in [5, 5.41) is 4.41. The number of aromatic nitrogens is 2. The number of alkyl halides is 1. The van der Waals surface area contributed by atoms with Gasteiger partial charge >= 0.3 is 0 Å². The minimum absolute atomic E-state index is 0.290. The molecule has 0 radical (unpaired) electrons. The normalized spacial score (nSPS) is 10.9. The fourth-order valence-electron chi connectivity index (χ4n) is 2.23. The van der Waals surface area contributed by atoms with Gasteiger partial charge in [-0.2, -0.15) is 5.10 Å².